The van der Waals surface area contributed by atoms with Crippen LogP contribution in [-0.2, 0) is 0 Å². The van der Waals surface area contributed by atoms with Crippen LogP contribution < -0.4 is 14.2 Å². The predicted molar refractivity (Wildman–Crippen MR) is 90.6 cm³/mol. The average molecular weight is 323 g/mol. The van der Waals surface area contributed by atoms with Crippen molar-refractivity contribution in [1.29, 1.82) is 5.26 Å². The number of benzene rings is 2. The number of carbonyl (C=O) groups is 1. The first-order chi connectivity index (χ1) is 11.6. The van der Waals surface area contributed by atoms with Gasteiger partial charge in [0.1, 0.15) is 0 Å². The van der Waals surface area contributed by atoms with Crippen molar-refractivity contribution in [2.24, 2.45) is 0 Å². The Kier molecular flexibility index (Phi) is 5.58. The van der Waals surface area contributed by atoms with Gasteiger partial charge in [0, 0.05) is 0 Å². The molecular formula is C19H17NO4. The lowest BCUT2D eigenvalue weighted by atomic mass is 10.1. The molecule has 5 heteroatoms. The number of rotatable bonds is 6. The van der Waals surface area contributed by atoms with Crippen LogP contribution in [-0.4, -0.2) is 27.1 Å². The van der Waals surface area contributed by atoms with Gasteiger partial charge in [0.15, 0.2) is 17.3 Å². The van der Waals surface area contributed by atoms with Crippen molar-refractivity contribution in [2.75, 3.05) is 21.3 Å². The molecule has 0 saturated carbocycles. The second-order valence-corrected chi connectivity index (χ2v) is 4.81. The zero-order chi connectivity index (χ0) is 17.5. The van der Waals surface area contributed by atoms with Gasteiger partial charge in [-0.05, 0) is 35.9 Å². The number of allylic oxidation sites excluding steroid dienone is 1. The number of nitrogens with zero attached hydrogens (tertiary/aromatic N) is 1. The summed E-state index contributed by atoms with van der Waals surface area (Å²) in [5, 5.41) is 8.79. The molecule has 122 valence electrons. The second-order valence-electron chi connectivity index (χ2n) is 4.81. The number of hydrogen-bond acceptors (Lipinski definition) is 5. The van der Waals surface area contributed by atoms with Gasteiger partial charge in [0.05, 0.1) is 38.5 Å². The zero-order valence-corrected chi connectivity index (χ0v) is 13.7. The van der Waals surface area contributed by atoms with E-state index < -0.39 is 0 Å². The molecule has 0 amide bonds. The van der Waals surface area contributed by atoms with E-state index in [4.69, 9.17) is 19.5 Å². The van der Waals surface area contributed by atoms with Gasteiger partial charge in [-0.15, -0.1) is 0 Å². The molecule has 0 atom stereocenters. The lowest BCUT2D eigenvalue weighted by Crippen LogP contribution is -2.02. The average Bonchev–Trinajstić information content (AvgIpc) is 2.64. The quantitative estimate of drug-likeness (QED) is 0.601. The van der Waals surface area contributed by atoms with Crippen molar-refractivity contribution in [2.45, 2.75) is 0 Å². The minimum absolute atomic E-state index is 0.225. The summed E-state index contributed by atoms with van der Waals surface area (Å²) < 4.78 is 15.8. The molecule has 0 spiro atoms. The molecule has 0 fully saturated rings. The van der Waals surface area contributed by atoms with E-state index in [0.29, 0.717) is 28.4 Å². The third kappa shape index (κ3) is 3.55. The van der Waals surface area contributed by atoms with Crippen LogP contribution in [0.15, 0.2) is 42.5 Å². The fraction of sp³-hybridized carbons (Fsp3) is 0.158. The summed E-state index contributed by atoms with van der Waals surface area (Å²) in [5.41, 5.74) is 1.77. The molecule has 0 unspecified atom stereocenters. The van der Waals surface area contributed by atoms with Gasteiger partial charge in [-0.2, -0.15) is 5.26 Å². The summed E-state index contributed by atoms with van der Waals surface area (Å²) >= 11 is 0. The molecule has 24 heavy (non-hydrogen) atoms. The molecule has 2 rings (SSSR count). The van der Waals surface area contributed by atoms with Crippen LogP contribution in [0.3, 0.4) is 0 Å². The number of carbonyl (C=O) groups excluding carboxylic acids is 1. The molecule has 0 bridgehead atoms. The number of ether oxygens (including phenoxy) is 3. The summed E-state index contributed by atoms with van der Waals surface area (Å²) in [7, 11) is 4.48. The van der Waals surface area contributed by atoms with Crippen molar-refractivity contribution in [1.82, 2.24) is 0 Å². The van der Waals surface area contributed by atoms with Crippen molar-refractivity contribution in [3.05, 3.63) is 59.2 Å². The van der Waals surface area contributed by atoms with Crippen molar-refractivity contribution in [3.8, 4) is 23.3 Å². The third-order valence-electron chi connectivity index (χ3n) is 3.44. The molecule has 0 aliphatic rings. The normalized spacial score (nSPS) is 10.2. The highest BCUT2D eigenvalue weighted by Crippen LogP contribution is 2.40. The van der Waals surface area contributed by atoms with Gasteiger partial charge in [0.25, 0.3) is 0 Å². The molecule has 0 aliphatic heterocycles. The van der Waals surface area contributed by atoms with Crippen LogP contribution in [0.5, 0.6) is 17.2 Å². The fourth-order valence-electron chi connectivity index (χ4n) is 2.23. The van der Waals surface area contributed by atoms with Gasteiger partial charge in [0.2, 0.25) is 5.75 Å². The maximum absolute atomic E-state index is 12.5. The minimum atomic E-state index is -0.225. The highest BCUT2D eigenvalue weighted by atomic mass is 16.5. The molecule has 2 aromatic carbocycles. The van der Waals surface area contributed by atoms with Gasteiger partial charge in [-0.25, -0.2) is 0 Å². The van der Waals surface area contributed by atoms with Gasteiger partial charge >= 0.3 is 0 Å². The van der Waals surface area contributed by atoms with E-state index in [1.165, 1.54) is 27.4 Å². The van der Waals surface area contributed by atoms with E-state index in [9.17, 15) is 4.79 Å². The second kappa shape index (κ2) is 7.84. The SMILES string of the molecule is COc1ccc(C(=O)/C=C/c2ccc(C#N)cc2)c(OC)c1OC. The highest BCUT2D eigenvalue weighted by molar-refractivity contribution is 6.09. The smallest absolute Gasteiger partial charge is 0.204 e. The first-order valence-electron chi connectivity index (χ1n) is 7.16. The minimum Gasteiger partial charge on any atom is -0.493 e. The lowest BCUT2D eigenvalue weighted by Gasteiger charge is -2.14. The first kappa shape index (κ1) is 17.1. The summed E-state index contributed by atoms with van der Waals surface area (Å²) in [6.07, 6.45) is 3.13. The Hall–Kier alpha value is -3.26. The lowest BCUT2D eigenvalue weighted by molar-refractivity contribution is 0.104. The van der Waals surface area contributed by atoms with Gasteiger partial charge in [-0.3, -0.25) is 4.79 Å². The van der Waals surface area contributed by atoms with Crippen molar-refractivity contribution in [3.63, 3.8) is 0 Å². The Morgan fingerprint density at radius 2 is 1.62 bits per heavy atom. The molecule has 0 N–H and O–H groups in total. The maximum atomic E-state index is 12.5. The Morgan fingerprint density at radius 1 is 0.958 bits per heavy atom. The molecule has 0 saturated heterocycles. The third-order valence-corrected chi connectivity index (χ3v) is 3.44. The number of ketones is 1. The van der Waals surface area contributed by atoms with Crippen molar-refractivity contribution >= 4 is 11.9 Å². The molecular weight excluding hydrogens is 306 g/mol. The Morgan fingerprint density at radius 3 is 2.17 bits per heavy atom. The Balaban J connectivity index is 2.32. The molecule has 0 heterocycles. The molecule has 0 aliphatic carbocycles. The Bertz CT molecular complexity index is 801. The molecule has 2 aromatic rings. The number of hydrogen-bond donors (Lipinski definition) is 0. The van der Waals surface area contributed by atoms with Crippen LogP contribution in [0.2, 0.25) is 0 Å². The fourth-order valence-corrected chi connectivity index (χ4v) is 2.23. The van der Waals surface area contributed by atoms with Crippen LogP contribution in [0.4, 0.5) is 0 Å². The standard InChI is InChI=1S/C19H17NO4/c1-22-17-11-9-15(18(23-2)19(17)24-3)16(21)10-8-13-4-6-14(12-20)7-5-13/h4-11H,1-3H3/b10-8+. The van der Waals surface area contributed by atoms with E-state index in [1.807, 2.05) is 0 Å². The monoisotopic (exact) mass is 323 g/mol. The van der Waals surface area contributed by atoms with Crippen molar-refractivity contribution < 1.29 is 19.0 Å². The van der Waals surface area contributed by atoms with Crippen LogP contribution >= 0.6 is 0 Å². The first-order valence-corrected chi connectivity index (χ1v) is 7.16. The van der Waals surface area contributed by atoms with Gasteiger partial charge in [-0.1, -0.05) is 18.2 Å². The van der Waals surface area contributed by atoms with E-state index in [2.05, 4.69) is 6.07 Å². The van der Waals surface area contributed by atoms with Gasteiger partial charge < -0.3 is 14.2 Å². The molecule has 0 aromatic heterocycles. The van der Waals surface area contributed by atoms with Crippen LogP contribution in [0.25, 0.3) is 6.08 Å². The van der Waals surface area contributed by atoms with E-state index in [1.54, 1.807) is 42.5 Å². The van der Waals surface area contributed by atoms with E-state index in [-0.39, 0.29) is 5.78 Å². The summed E-state index contributed by atoms with van der Waals surface area (Å²) in [5.74, 6) is 0.961. The zero-order valence-electron chi connectivity index (χ0n) is 13.7. The summed E-state index contributed by atoms with van der Waals surface area (Å²) in [6, 6.07) is 12.3. The molecule has 5 nitrogen and oxygen atoms in total. The molecule has 0 radical (unpaired) electrons. The number of methoxy groups -OCH3 is 3. The van der Waals surface area contributed by atoms with Crippen LogP contribution in [0.1, 0.15) is 21.5 Å². The largest absolute Gasteiger partial charge is 0.493 e. The topological polar surface area (TPSA) is 68.6 Å². The van der Waals surface area contributed by atoms with E-state index >= 15 is 0 Å². The van der Waals surface area contributed by atoms with Crippen LogP contribution in [0, 0.1) is 11.3 Å². The summed E-state index contributed by atoms with van der Waals surface area (Å²) in [4.78, 5) is 12.5. The maximum Gasteiger partial charge on any atom is 0.204 e. The Labute approximate surface area is 140 Å². The predicted octanol–water partition coefficient (Wildman–Crippen LogP) is 3.48. The summed E-state index contributed by atoms with van der Waals surface area (Å²) in [6.45, 7) is 0. The highest BCUT2D eigenvalue weighted by Gasteiger charge is 2.19. The number of nitriles is 1. The van der Waals surface area contributed by atoms with E-state index in [0.717, 1.165) is 5.56 Å².